The van der Waals surface area contributed by atoms with Crippen LogP contribution in [0.2, 0.25) is 0 Å². The molecule has 3 rings (SSSR count). The van der Waals surface area contributed by atoms with E-state index in [1.807, 2.05) is 0 Å². The van der Waals surface area contributed by atoms with Gasteiger partial charge in [-0.2, -0.15) is 0 Å². The Morgan fingerprint density at radius 1 is 0.576 bits per heavy atom. The second kappa shape index (κ2) is 12.5. The summed E-state index contributed by atoms with van der Waals surface area (Å²) in [5, 5.41) is 10.1. The molecule has 0 spiro atoms. The van der Waals surface area contributed by atoms with Gasteiger partial charge in [0, 0.05) is 0 Å². The molecule has 0 aliphatic heterocycles. The molecule has 0 bridgehead atoms. The molecule has 3 aromatic carbocycles. The molecule has 176 valence electrons. The van der Waals surface area contributed by atoms with E-state index in [1.165, 1.54) is 48.0 Å². The average molecular weight is 527 g/mol. The zero-order chi connectivity index (χ0) is 23.4. The van der Waals surface area contributed by atoms with Gasteiger partial charge in [-0.05, 0) is 0 Å². The molecular weight excluding hydrogens is 491 g/mol. The maximum absolute atomic E-state index is 10.6. The number of hydrogen-bond donors (Lipinski definition) is 1. The quantitative estimate of drug-likeness (QED) is 0.175. The average Bonchev–Trinajstić information content (AvgIpc) is 2.86. The first-order valence-electron chi connectivity index (χ1n) is 12.2. The summed E-state index contributed by atoms with van der Waals surface area (Å²) in [6.07, 6.45) is 10.4. The molecule has 3 aromatic rings. The van der Waals surface area contributed by atoms with Crippen LogP contribution in [0, 0.1) is 0 Å². The predicted molar refractivity (Wildman–Crippen MR) is 148 cm³/mol. The molecule has 0 heterocycles. The Labute approximate surface area is 207 Å². The number of carboxylic acid groups (broad SMARTS) is 1. The standard InChI is InChI=1S/C29H36BrO2P/c30-33(26-18-10-7-11-19-26,27-20-12-8-13-21-27,28-22-14-9-15-23-28)25-17-6-4-2-1-3-5-16-24-29(31)32/h7-15,18-23H,1-6,16-17,24-25H2,(H,31,32). The van der Waals surface area contributed by atoms with E-state index in [2.05, 4.69) is 106 Å². The van der Waals surface area contributed by atoms with Crippen LogP contribution in [-0.2, 0) is 4.79 Å². The molecule has 0 radical (unpaired) electrons. The fraction of sp³-hybridized carbons (Fsp3) is 0.345. The summed E-state index contributed by atoms with van der Waals surface area (Å²) in [5.74, 6) is -0.679. The van der Waals surface area contributed by atoms with Gasteiger partial charge in [0.2, 0.25) is 0 Å². The van der Waals surface area contributed by atoms with Crippen LogP contribution >= 0.6 is 20.8 Å². The van der Waals surface area contributed by atoms with Crippen molar-refractivity contribution in [2.75, 3.05) is 6.16 Å². The van der Waals surface area contributed by atoms with E-state index in [9.17, 15) is 4.79 Å². The molecule has 2 nitrogen and oxygen atoms in total. The van der Waals surface area contributed by atoms with Gasteiger partial charge in [0.1, 0.15) is 0 Å². The molecule has 0 unspecified atom stereocenters. The van der Waals surface area contributed by atoms with Crippen molar-refractivity contribution >= 4 is 42.7 Å². The van der Waals surface area contributed by atoms with Gasteiger partial charge < -0.3 is 0 Å². The normalized spacial score (nSPS) is 12.7. The zero-order valence-corrected chi connectivity index (χ0v) is 21.9. The molecule has 0 aliphatic carbocycles. The first-order chi connectivity index (χ1) is 16.1. The zero-order valence-electron chi connectivity index (χ0n) is 19.4. The van der Waals surface area contributed by atoms with Gasteiger partial charge in [0.05, 0.1) is 0 Å². The van der Waals surface area contributed by atoms with Crippen LogP contribution in [0.5, 0.6) is 0 Å². The third-order valence-corrected chi connectivity index (χ3v) is 16.6. The van der Waals surface area contributed by atoms with Gasteiger partial charge >= 0.3 is 208 Å². The topological polar surface area (TPSA) is 37.3 Å². The van der Waals surface area contributed by atoms with Crippen molar-refractivity contribution in [3.63, 3.8) is 0 Å². The van der Waals surface area contributed by atoms with E-state index in [4.69, 9.17) is 5.11 Å². The van der Waals surface area contributed by atoms with E-state index in [-0.39, 0.29) is 0 Å². The van der Waals surface area contributed by atoms with E-state index < -0.39 is 11.3 Å². The minimum atomic E-state index is -2.78. The monoisotopic (exact) mass is 526 g/mol. The maximum atomic E-state index is 10.6. The van der Waals surface area contributed by atoms with E-state index in [0.717, 1.165) is 25.4 Å². The molecular formula is C29H36BrO2P. The van der Waals surface area contributed by atoms with Gasteiger partial charge in [-0.1, -0.05) is 0 Å². The fourth-order valence-corrected chi connectivity index (χ4v) is 12.5. The van der Waals surface area contributed by atoms with Crippen molar-refractivity contribution in [2.45, 2.75) is 57.8 Å². The first kappa shape index (κ1) is 25.7. The number of hydrogen-bond acceptors (Lipinski definition) is 1. The molecule has 0 aromatic heterocycles. The molecule has 0 saturated heterocycles. The Hall–Kier alpha value is -1.96. The van der Waals surface area contributed by atoms with Crippen LogP contribution in [0.4, 0.5) is 0 Å². The number of rotatable bonds is 14. The van der Waals surface area contributed by atoms with Crippen molar-refractivity contribution in [2.24, 2.45) is 0 Å². The van der Waals surface area contributed by atoms with Crippen LogP contribution in [0.25, 0.3) is 0 Å². The van der Waals surface area contributed by atoms with Crippen LogP contribution in [0.15, 0.2) is 91.0 Å². The molecule has 0 fully saturated rings. The fourth-order valence-electron chi connectivity index (χ4n) is 4.80. The Kier molecular flexibility index (Phi) is 9.71. The Balaban J connectivity index is 1.74. The van der Waals surface area contributed by atoms with Gasteiger partial charge in [-0.3, -0.25) is 0 Å². The first-order valence-corrected chi connectivity index (χ1v) is 16.6. The molecule has 0 amide bonds. The summed E-state index contributed by atoms with van der Waals surface area (Å²) in [4.78, 5) is 10.6. The van der Waals surface area contributed by atoms with Crippen LogP contribution in [-0.4, -0.2) is 17.2 Å². The summed E-state index contributed by atoms with van der Waals surface area (Å²) < 4.78 is 0. The number of benzene rings is 3. The van der Waals surface area contributed by atoms with Crippen LogP contribution in [0.3, 0.4) is 0 Å². The van der Waals surface area contributed by atoms with Crippen LogP contribution in [0.1, 0.15) is 57.8 Å². The van der Waals surface area contributed by atoms with Crippen LogP contribution < -0.4 is 15.9 Å². The number of halogens is 1. The van der Waals surface area contributed by atoms with Gasteiger partial charge in [-0.15, -0.1) is 0 Å². The number of carbonyl (C=O) groups is 1. The third-order valence-electron chi connectivity index (χ3n) is 6.60. The van der Waals surface area contributed by atoms with Gasteiger partial charge in [-0.25, -0.2) is 0 Å². The van der Waals surface area contributed by atoms with Crippen molar-refractivity contribution in [3.8, 4) is 0 Å². The second-order valence-corrected chi connectivity index (χ2v) is 17.9. The van der Waals surface area contributed by atoms with E-state index in [0.29, 0.717) is 6.42 Å². The number of aliphatic carboxylic acids is 1. The predicted octanol–water partition coefficient (Wildman–Crippen LogP) is 7.42. The summed E-state index contributed by atoms with van der Waals surface area (Å²) >= 11 is 4.52. The molecule has 33 heavy (non-hydrogen) atoms. The third kappa shape index (κ3) is 6.34. The summed E-state index contributed by atoms with van der Waals surface area (Å²) in [6, 6.07) is 33.0. The SMILES string of the molecule is O=C(O)CCCCCCCCCCP(Br)(c1ccccc1)(c1ccccc1)c1ccccc1. The molecule has 0 saturated carbocycles. The van der Waals surface area contributed by atoms with Gasteiger partial charge in [0.15, 0.2) is 0 Å². The minimum absolute atomic E-state index is 0.302. The molecule has 0 aliphatic rings. The molecule has 4 heteroatoms. The molecule has 1 N–H and O–H groups in total. The van der Waals surface area contributed by atoms with Crippen molar-refractivity contribution in [1.82, 2.24) is 0 Å². The summed E-state index contributed by atoms with van der Waals surface area (Å²) in [7, 11) is 0. The van der Waals surface area contributed by atoms with E-state index in [1.54, 1.807) is 0 Å². The number of carboxylic acids is 1. The Bertz CT molecular complexity index is 877. The van der Waals surface area contributed by atoms with Crippen molar-refractivity contribution in [1.29, 1.82) is 0 Å². The van der Waals surface area contributed by atoms with Crippen molar-refractivity contribution < 1.29 is 9.90 Å². The molecule has 0 atom stereocenters. The van der Waals surface area contributed by atoms with E-state index >= 15 is 0 Å². The Morgan fingerprint density at radius 3 is 1.27 bits per heavy atom. The Morgan fingerprint density at radius 2 is 0.909 bits per heavy atom. The van der Waals surface area contributed by atoms with Crippen molar-refractivity contribution in [3.05, 3.63) is 91.0 Å². The second-order valence-electron chi connectivity index (χ2n) is 8.89. The van der Waals surface area contributed by atoms with Gasteiger partial charge in [0.25, 0.3) is 0 Å². The number of unbranched alkanes of at least 4 members (excludes halogenated alkanes) is 7. The summed E-state index contributed by atoms with van der Waals surface area (Å²) in [5.41, 5.74) is 0. The summed E-state index contributed by atoms with van der Waals surface area (Å²) in [6.45, 7) is 0.